The molecule has 1 aliphatic carbocycles. The second kappa shape index (κ2) is 4.29. The fourth-order valence-corrected chi connectivity index (χ4v) is 2.58. The lowest BCUT2D eigenvalue weighted by atomic mass is 9.66. The summed E-state index contributed by atoms with van der Waals surface area (Å²) in [6.07, 6.45) is 3.99. The van der Waals surface area contributed by atoms with Crippen molar-refractivity contribution in [1.82, 2.24) is 0 Å². The van der Waals surface area contributed by atoms with Gasteiger partial charge in [0, 0.05) is 11.8 Å². The van der Waals surface area contributed by atoms with Crippen molar-refractivity contribution in [3.05, 3.63) is 34.4 Å². The van der Waals surface area contributed by atoms with Crippen LogP contribution in [0, 0.1) is 26.2 Å². The Hall–Kier alpha value is -1.11. The molecule has 0 saturated heterocycles. The molecule has 0 N–H and O–H groups in total. The number of hydrogen-bond acceptors (Lipinski definition) is 1. The lowest BCUT2D eigenvalue weighted by Crippen LogP contribution is -2.36. The Kier molecular flexibility index (Phi) is 3.11. The predicted molar refractivity (Wildman–Crippen MR) is 71.3 cm³/mol. The highest BCUT2D eigenvalue weighted by Gasteiger charge is 2.38. The first-order valence-corrected chi connectivity index (χ1v) is 6.53. The van der Waals surface area contributed by atoms with Gasteiger partial charge in [-0.1, -0.05) is 25.5 Å². The van der Waals surface area contributed by atoms with Crippen molar-refractivity contribution in [3.8, 4) is 0 Å². The quantitative estimate of drug-likeness (QED) is 0.769. The number of ketones is 1. The highest BCUT2D eigenvalue weighted by molar-refractivity contribution is 5.87. The first-order valence-electron chi connectivity index (χ1n) is 6.53. The molecule has 0 spiro atoms. The van der Waals surface area contributed by atoms with E-state index in [1.165, 1.54) is 28.7 Å². The van der Waals surface area contributed by atoms with E-state index in [0.717, 1.165) is 12.8 Å². The molecular formula is C16H22O. The number of aryl methyl sites for hydroxylation is 1. The van der Waals surface area contributed by atoms with Gasteiger partial charge in [-0.05, 0) is 55.9 Å². The molecule has 0 heterocycles. The summed E-state index contributed by atoms with van der Waals surface area (Å²) in [6.45, 7) is 8.52. The topological polar surface area (TPSA) is 17.1 Å². The summed E-state index contributed by atoms with van der Waals surface area (Å²) in [5.74, 6) is 0.426. The Labute approximate surface area is 104 Å². The highest BCUT2D eigenvalue weighted by Crippen LogP contribution is 2.42. The van der Waals surface area contributed by atoms with Crippen molar-refractivity contribution in [1.29, 1.82) is 0 Å². The standard InChI is InChI=1S/C16H22O/c1-11-6-7-14(13(3)12(11)2)10-15(17)16(4)8-5-9-16/h6-7H,5,8-10H2,1-4H3. The van der Waals surface area contributed by atoms with Crippen LogP contribution < -0.4 is 0 Å². The van der Waals surface area contributed by atoms with Gasteiger partial charge < -0.3 is 0 Å². The minimum absolute atomic E-state index is 0.0226. The van der Waals surface area contributed by atoms with Crippen LogP contribution in [-0.4, -0.2) is 5.78 Å². The largest absolute Gasteiger partial charge is 0.299 e. The molecule has 1 nitrogen and oxygen atoms in total. The number of carbonyl (C=O) groups excluding carboxylic acids is 1. The molecule has 1 heteroatoms. The summed E-state index contributed by atoms with van der Waals surface area (Å²) < 4.78 is 0. The van der Waals surface area contributed by atoms with Crippen LogP contribution in [0.4, 0.5) is 0 Å². The smallest absolute Gasteiger partial charge is 0.143 e. The summed E-state index contributed by atoms with van der Waals surface area (Å²) in [5.41, 5.74) is 5.13. The minimum atomic E-state index is -0.0226. The molecule has 1 fully saturated rings. The van der Waals surface area contributed by atoms with E-state index in [9.17, 15) is 4.79 Å². The Morgan fingerprint density at radius 3 is 2.35 bits per heavy atom. The molecular weight excluding hydrogens is 208 g/mol. The molecule has 0 radical (unpaired) electrons. The SMILES string of the molecule is Cc1ccc(CC(=O)C2(C)CCC2)c(C)c1C. The van der Waals surface area contributed by atoms with Crippen LogP contribution in [0.2, 0.25) is 0 Å². The van der Waals surface area contributed by atoms with E-state index >= 15 is 0 Å². The van der Waals surface area contributed by atoms with E-state index in [-0.39, 0.29) is 5.41 Å². The van der Waals surface area contributed by atoms with Crippen molar-refractivity contribution >= 4 is 5.78 Å². The van der Waals surface area contributed by atoms with Gasteiger partial charge in [-0.25, -0.2) is 0 Å². The van der Waals surface area contributed by atoms with Crippen LogP contribution >= 0.6 is 0 Å². The van der Waals surface area contributed by atoms with Crippen LogP contribution in [-0.2, 0) is 11.2 Å². The minimum Gasteiger partial charge on any atom is -0.299 e. The lowest BCUT2D eigenvalue weighted by molar-refractivity contribution is -0.131. The lowest BCUT2D eigenvalue weighted by Gasteiger charge is -2.37. The Balaban J connectivity index is 2.19. The molecule has 1 aromatic carbocycles. The first-order chi connectivity index (χ1) is 7.94. The fourth-order valence-electron chi connectivity index (χ4n) is 2.58. The van der Waals surface area contributed by atoms with E-state index in [1.807, 2.05) is 0 Å². The summed E-state index contributed by atoms with van der Waals surface area (Å²) in [5, 5.41) is 0. The van der Waals surface area contributed by atoms with Crippen molar-refractivity contribution in [2.45, 2.75) is 53.4 Å². The zero-order valence-electron chi connectivity index (χ0n) is 11.4. The number of Topliss-reactive ketones (excluding diaryl/α,β-unsaturated/α-hetero) is 1. The molecule has 2 rings (SSSR count). The van der Waals surface area contributed by atoms with Crippen molar-refractivity contribution in [2.75, 3.05) is 0 Å². The normalized spacial score (nSPS) is 17.6. The molecule has 0 aliphatic heterocycles. The van der Waals surface area contributed by atoms with Gasteiger partial charge in [0.05, 0.1) is 0 Å². The van der Waals surface area contributed by atoms with Gasteiger partial charge in [0.2, 0.25) is 0 Å². The molecule has 0 aromatic heterocycles. The van der Waals surface area contributed by atoms with E-state index in [4.69, 9.17) is 0 Å². The van der Waals surface area contributed by atoms with Gasteiger partial charge in [-0.2, -0.15) is 0 Å². The Morgan fingerprint density at radius 1 is 1.18 bits per heavy atom. The van der Waals surface area contributed by atoms with E-state index in [2.05, 4.69) is 39.8 Å². The van der Waals surface area contributed by atoms with Crippen molar-refractivity contribution in [3.63, 3.8) is 0 Å². The average Bonchev–Trinajstić information content (AvgIpc) is 2.26. The molecule has 1 aromatic rings. The summed E-state index contributed by atoms with van der Waals surface area (Å²) in [7, 11) is 0. The molecule has 17 heavy (non-hydrogen) atoms. The maximum Gasteiger partial charge on any atom is 0.143 e. The monoisotopic (exact) mass is 230 g/mol. The Bertz CT molecular complexity index is 453. The maximum absolute atomic E-state index is 12.3. The van der Waals surface area contributed by atoms with Gasteiger partial charge in [0.15, 0.2) is 0 Å². The van der Waals surface area contributed by atoms with Crippen molar-refractivity contribution < 1.29 is 4.79 Å². The second-order valence-electron chi connectivity index (χ2n) is 5.81. The van der Waals surface area contributed by atoms with Gasteiger partial charge in [0.1, 0.15) is 5.78 Å². The Morgan fingerprint density at radius 2 is 1.82 bits per heavy atom. The van der Waals surface area contributed by atoms with Gasteiger partial charge in [-0.15, -0.1) is 0 Å². The van der Waals surface area contributed by atoms with Gasteiger partial charge in [0.25, 0.3) is 0 Å². The maximum atomic E-state index is 12.3. The van der Waals surface area contributed by atoms with Crippen LogP contribution in [0.5, 0.6) is 0 Å². The van der Waals surface area contributed by atoms with Crippen LogP contribution in [0.15, 0.2) is 12.1 Å². The third kappa shape index (κ3) is 2.15. The van der Waals surface area contributed by atoms with E-state index in [0.29, 0.717) is 12.2 Å². The van der Waals surface area contributed by atoms with Crippen molar-refractivity contribution in [2.24, 2.45) is 5.41 Å². The van der Waals surface area contributed by atoms with E-state index < -0.39 is 0 Å². The fraction of sp³-hybridized carbons (Fsp3) is 0.562. The third-order valence-corrected chi connectivity index (χ3v) is 4.65. The summed E-state index contributed by atoms with van der Waals surface area (Å²) >= 11 is 0. The van der Waals surface area contributed by atoms with Crippen LogP contribution in [0.25, 0.3) is 0 Å². The zero-order chi connectivity index (χ0) is 12.6. The third-order valence-electron chi connectivity index (χ3n) is 4.65. The predicted octanol–water partition coefficient (Wildman–Crippen LogP) is 3.91. The highest BCUT2D eigenvalue weighted by atomic mass is 16.1. The van der Waals surface area contributed by atoms with Gasteiger partial charge in [-0.3, -0.25) is 4.79 Å². The molecule has 0 amide bonds. The molecule has 1 aliphatic rings. The first kappa shape index (κ1) is 12.3. The van der Waals surface area contributed by atoms with Gasteiger partial charge >= 0.3 is 0 Å². The van der Waals surface area contributed by atoms with E-state index in [1.54, 1.807) is 0 Å². The second-order valence-corrected chi connectivity index (χ2v) is 5.81. The molecule has 92 valence electrons. The molecule has 0 bridgehead atoms. The zero-order valence-corrected chi connectivity index (χ0v) is 11.4. The number of rotatable bonds is 3. The molecule has 0 unspecified atom stereocenters. The average molecular weight is 230 g/mol. The summed E-state index contributed by atoms with van der Waals surface area (Å²) in [4.78, 5) is 12.3. The van der Waals surface area contributed by atoms with Crippen LogP contribution in [0.1, 0.15) is 48.4 Å². The summed E-state index contributed by atoms with van der Waals surface area (Å²) in [6, 6.07) is 4.26. The number of benzene rings is 1. The number of hydrogen-bond donors (Lipinski definition) is 0. The molecule has 1 saturated carbocycles. The molecule has 0 atom stereocenters. The number of carbonyl (C=O) groups is 1. The van der Waals surface area contributed by atoms with Crippen LogP contribution in [0.3, 0.4) is 0 Å².